The van der Waals surface area contributed by atoms with Crippen molar-refractivity contribution in [3.05, 3.63) is 81.0 Å². The summed E-state index contributed by atoms with van der Waals surface area (Å²) < 4.78 is 0.869. The number of hydrogen-bond acceptors (Lipinski definition) is 5. The third kappa shape index (κ3) is 6.32. The van der Waals surface area contributed by atoms with E-state index in [1.807, 2.05) is 0 Å². The molecular formula is C27H32N4O6. The Morgan fingerprint density at radius 1 is 0.838 bits per heavy atom. The van der Waals surface area contributed by atoms with Crippen LogP contribution in [0.25, 0.3) is 10.9 Å². The molecule has 0 bridgehead atoms. The largest absolute Gasteiger partial charge is 0.480 e. The molecule has 0 spiro atoms. The average molecular weight is 509 g/mol. The number of aromatic nitrogens is 2. The van der Waals surface area contributed by atoms with Gasteiger partial charge in [0.2, 0.25) is 11.8 Å². The van der Waals surface area contributed by atoms with Gasteiger partial charge in [-0.15, -0.1) is 0 Å². The van der Waals surface area contributed by atoms with Crippen LogP contribution in [-0.2, 0) is 20.8 Å². The highest BCUT2D eigenvalue weighted by atomic mass is 16.4. The molecular weight excluding hydrogens is 476 g/mol. The number of carboxylic acid groups (broad SMARTS) is 1. The quantitative estimate of drug-likeness (QED) is 0.328. The normalized spacial score (nSPS) is 13.8. The molecule has 2 amide bonds. The van der Waals surface area contributed by atoms with Crippen LogP contribution in [0.5, 0.6) is 0 Å². The minimum Gasteiger partial charge on any atom is -0.480 e. The summed E-state index contributed by atoms with van der Waals surface area (Å²) in [6.07, 6.45) is 0.0180. The maximum absolute atomic E-state index is 13.6. The van der Waals surface area contributed by atoms with Crippen molar-refractivity contribution in [1.29, 1.82) is 0 Å². The third-order valence-corrected chi connectivity index (χ3v) is 6.20. The van der Waals surface area contributed by atoms with Crippen molar-refractivity contribution in [3.63, 3.8) is 0 Å². The number of aromatic amines is 1. The van der Waals surface area contributed by atoms with Crippen molar-refractivity contribution in [3.8, 4) is 0 Å². The highest BCUT2D eigenvalue weighted by Gasteiger charge is 2.33. The number of H-pyrrole nitrogens is 1. The van der Waals surface area contributed by atoms with Crippen LogP contribution in [0.2, 0.25) is 0 Å². The molecule has 0 radical (unpaired) electrons. The van der Waals surface area contributed by atoms with Crippen LogP contribution in [0.15, 0.2) is 64.2 Å². The van der Waals surface area contributed by atoms with E-state index < -0.39 is 53.1 Å². The van der Waals surface area contributed by atoms with Gasteiger partial charge >= 0.3 is 11.7 Å². The summed E-state index contributed by atoms with van der Waals surface area (Å²) in [7, 11) is 0. The molecule has 0 aliphatic carbocycles. The Kier molecular flexibility index (Phi) is 8.65. The van der Waals surface area contributed by atoms with Gasteiger partial charge in [0, 0.05) is 6.42 Å². The van der Waals surface area contributed by atoms with Crippen LogP contribution in [0.1, 0.15) is 39.3 Å². The van der Waals surface area contributed by atoms with Crippen molar-refractivity contribution < 1.29 is 19.5 Å². The maximum atomic E-state index is 13.6. The van der Waals surface area contributed by atoms with Gasteiger partial charge in [-0.05, 0) is 29.5 Å². The van der Waals surface area contributed by atoms with Crippen molar-refractivity contribution in [1.82, 2.24) is 20.2 Å². The molecule has 0 fully saturated rings. The topological polar surface area (TPSA) is 150 Å². The van der Waals surface area contributed by atoms with Crippen LogP contribution >= 0.6 is 0 Å². The van der Waals surface area contributed by atoms with E-state index in [4.69, 9.17) is 0 Å². The Morgan fingerprint density at radius 2 is 1.41 bits per heavy atom. The Labute approximate surface area is 213 Å². The number of carboxylic acids is 1. The number of carbonyl (C=O) groups excluding carboxylic acids is 2. The number of para-hydroxylation sites is 1. The van der Waals surface area contributed by atoms with Crippen molar-refractivity contribution in [2.24, 2.45) is 11.8 Å². The molecule has 0 aliphatic heterocycles. The smallest absolute Gasteiger partial charge is 0.329 e. The predicted octanol–water partition coefficient (Wildman–Crippen LogP) is 1.84. The molecule has 3 atom stereocenters. The van der Waals surface area contributed by atoms with Crippen LogP contribution in [0, 0.1) is 11.8 Å². The molecule has 1 heterocycles. The molecule has 196 valence electrons. The third-order valence-electron chi connectivity index (χ3n) is 6.20. The number of nitrogens with zero attached hydrogens (tertiary/aromatic N) is 1. The molecule has 1 aromatic heterocycles. The Bertz CT molecular complexity index is 1390. The summed E-state index contributed by atoms with van der Waals surface area (Å²) in [5.74, 6) is -3.35. The number of nitrogens with one attached hydrogen (secondary N) is 3. The molecule has 0 aliphatic rings. The van der Waals surface area contributed by atoms with E-state index in [0.717, 1.165) is 4.57 Å². The summed E-state index contributed by atoms with van der Waals surface area (Å²) in [6.45, 7) is 6.74. The SMILES string of the molecule is CC(C)C(NC(=O)C(NC(=O)C(Cc1ccccc1)n1c(=O)[nH]c2ccccc2c1=O)C(C)C)C(=O)O. The number of benzene rings is 2. The van der Waals surface area contributed by atoms with Crippen molar-refractivity contribution in [2.45, 2.75) is 52.2 Å². The maximum Gasteiger partial charge on any atom is 0.329 e. The molecule has 4 N–H and O–H groups in total. The van der Waals surface area contributed by atoms with Gasteiger partial charge in [-0.25, -0.2) is 14.2 Å². The predicted molar refractivity (Wildman–Crippen MR) is 139 cm³/mol. The van der Waals surface area contributed by atoms with E-state index in [1.165, 1.54) is 0 Å². The second-order valence-electron chi connectivity index (χ2n) is 9.66. The van der Waals surface area contributed by atoms with Crippen LogP contribution < -0.4 is 21.9 Å². The number of rotatable bonds is 10. The fourth-order valence-electron chi connectivity index (χ4n) is 4.14. The van der Waals surface area contributed by atoms with E-state index in [9.17, 15) is 29.1 Å². The fourth-order valence-corrected chi connectivity index (χ4v) is 4.14. The van der Waals surface area contributed by atoms with Gasteiger partial charge in [0.25, 0.3) is 5.56 Å². The molecule has 0 saturated heterocycles. The van der Waals surface area contributed by atoms with Gasteiger partial charge in [0.15, 0.2) is 0 Å². The lowest BCUT2D eigenvalue weighted by Gasteiger charge is -2.27. The zero-order chi connectivity index (χ0) is 27.3. The Balaban J connectivity index is 2.02. The highest BCUT2D eigenvalue weighted by molar-refractivity contribution is 5.92. The lowest BCUT2D eigenvalue weighted by atomic mass is 9.99. The first-order valence-corrected chi connectivity index (χ1v) is 12.1. The van der Waals surface area contributed by atoms with Crippen LogP contribution in [0.3, 0.4) is 0 Å². The Morgan fingerprint density at radius 3 is 2.00 bits per heavy atom. The molecule has 3 unspecified atom stereocenters. The fraction of sp³-hybridized carbons (Fsp3) is 0.370. The number of amides is 2. The van der Waals surface area contributed by atoms with E-state index in [-0.39, 0.29) is 17.7 Å². The lowest BCUT2D eigenvalue weighted by molar-refractivity contribution is -0.143. The zero-order valence-corrected chi connectivity index (χ0v) is 21.2. The van der Waals surface area contributed by atoms with Crippen molar-refractivity contribution in [2.75, 3.05) is 0 Å². The van der Waals surface area contributed by atoms with E-state index >= 15 is 0 Å². The zero-order valence-electron chi connectivity index (χ0n) is 21.2. The highest BCUT2D eigenvalue weighted by Crippen LogP contribution is 2.15. The van der Waals surface area contributed by atoms with Gasteiger partial charge in [-0.1, -0.05) is 70.2 Å². The van der Waals surface area contributed by atoms with E-state index in [0.29, 0.717) is 11.1 Å². The molecule has 0 saturated carbocycles. The number of hydrogen-bond donors (Lipinski definition) is 4. The second-order valence-corrected chi connectivity index (χ2v) is 9.66. The minimum absolute atomic E-state index is 0.0180. The molecule has 3 aromatic rings. The molecule has 2 aromatic carbocycles. The Hall–Kier alpha value is -4.21. The minimum atomic E-state index is -1.27. The first-order valence-electron chi connectivity index (χ1n) is 12.1. The second kappa shape index (κ2) is 11.7. The summed E-state index contributed by atoms with van der Waals surface area (Å²) in [5, 5.41) is 14.9. The number of fused-ring (bicyclic) bond motifs is 1. The summed E-state index contributed by atoms with van der Waals surface area (Å²) in [6, 6.07) is 11.9. The van der Waals surface area contributed by atoms with E-state index in [1.54, 1.807) is 82.3 Å². The van der Waals surface area contributed by atoms with Gasteiger partial charge in [-0.3, -0.25) is 14.4 Å². The summed E-state index contributed by atoms with van der Waals surface area (Å²) in [5.41, 5.74) is -0.332. The van der Waals surface area contributed by atoms with Crippen LogP contribution in [0.4, 0.5) is 0 Å². The first kappa shape index (κ1) is 27.4. The molecule has 3 rings (SSSR count). The molecule has 10 heteroatoms. The monoisotopic (exact) mass is 508 g/mol. The average Bonchev–Trinajstić information content (AvgIpc) is 2.85. The van der Waals surface area contributed by atoms with Crippen LogP contribution in [-0.4, -0.2) is 44.5 Å². The summed E-state index contributed by atoms with van der Waals surface area (Å²) in [4.78, 5) is 67.3. The lowest BCUT2D eigenvalue weighted by Crippen LogP contribution is -2.56. The number of carbonyl (C=O) groups is 3. The standard InChI is InChI=1S/C27H32N4O6/c1-15(2)21(24(33)30-22(16(3)4)26(35)36)29-23(32)20(14-17-10-6-5-7-11-17)31-25(34)18-12-8-9-13-19(18)28-27(31)37/h5-13,15-16,20-22H,14H2,1-4H3,(H,28,37)(H,29,32)(H,30,33)(H,35,36). The van der Waals surface area contributed by atoms with Gasteiger partial charge < -0.3 is 20.7 Å². The van der Waals surface area contributed by atoms with Gasteiger partial charge in [0.1, 0.15) is 18.1 Å². The first-order chi connectivity index (χ1) is 17.5. The van der Waals surface area contributed by atoms with Gasteiger partial charge in [0.05, 0.1) is 10.9 Å². The van der Waals surface area contributed by atoms with Gasteiger partial charge in [-0.2, -0.15) is 0 Å². The summed E-state index contributed by atoms with van der Waals surface area (Å²) >= 11 is 0. The molecule has 10 nitrogen and oxygen atoms in total. The number of aliphatic carboxylic acids is 1. The van der Waals surface area contributed by atoms with Crippen molar-refractivity contribution >= 4 is 28.7 Å². The molecule has 37 heavy (non-hydrogen) atoms. The van der Waals surface area contributed by atoms with E-state index in [2.05, 4.69) is 15.6 Å².